The third-order valence-electron chi connectivity index (χ3n) is 3.89. The van der Waals surface area contributed by atoms with Crippen LogP contribution in [0.2, 0.25) is 0 Å². The third-order valence-corrected chi connectivity index (χ3v) is 3.89. The van der Waals surface area contributed by atoms with Crippen LogP contribution in [-0.2, 0) is 19.4 Å². The Morgan fingerprint density at radius 3 is 2.86 bits per heavy atom. The lowest BCUT2D eigenvalue weighted by molar-refractivity contribution is 0.319. The van der Waals surface area contributed by atoms with Gasteiger partial charge in [-0.25, -0.2) is 0 Å². The summed E-state index contributed by atoms with van der Waals surface area (Å²) < 4.78 is 11.4. The molecule has 0 radical (unpaired) electrons. The van der Waals surface area contributed by atoms with Crippen LogP contribution in [0.15, 0.2) is 36.4 Å². The van der Waals surface area contributed by atoms with Crippen LogP contribution in [0.5, 0.6) is 11.5 Å². The smallest absolute Gasteiger partial charge is 0.122 e. The van der Waals surface area contributed by atoms with E-state index in [1.54, 1.807) is 0 Å². The van der Waals surface area contributed by atoms with E-state index < -0.39 is 0 Å². The molecule has 0 aromatic heterocycles. The fourth-order valence-corrected chi connectivity index (χ4v) is 2.60. The second-order valence-electron chi connectivity index (χ2n) is 5.44. The van der Waals surface area contributed by atoms with E-state index in [9.17, 15) is 0 Å². The van der Waals surface area contributed by atoms with Crippen molar-refractivity contribution in [1.82, 2.24) is 0 Å². The quantitative estimate of drug-likeness (QED) is 0.917. The third kappa shape index (κ3) is 3.19. The lowest BCUT2D eigenvalue weighted by Gasteiger charge is -2.11. The number of aryl methyl sites for hydroxylation is 1. The first kappa shape index (κ1) is 14.0. The first-order chi connectivity index (χ1) is 10.3. The van der Waals surface area contributed by atoms with Gasteiger partial charge in [-0.2, -0.15) is 0 Å². The molecule has 0 bridgehead atoms. The minimum Gasteiger partial charge on any atom is -0.493 e. The van der Waals surface area contributed by atoms with E-state index in [1.807, 2.05) is 12.1 Å². The van der Waals surface area contributed by atoms with Crippen molar-refractivity contribution in [1.29, 1.82) is 0 Å². The Kier molecular flexibility index (Phi) is 4.11. The second kappa shape index (κ2) is 6.19. The molecule has 2 aromatic rings. The van der Waals surface area contributed by atoms with Crippen LogP contribution in [0.4, 0.5) is 0 Å². The highest BCUT2D eigenvalue weighted by molar-refractivity contribution is 5.40. The molecule has 0 amide bonds. The number of ether oxygens (including phenoxy) is 2. The van der Waals surface area contributed by atoms with Gasteiger partial charge in [-0.05, 0) is 41.3 Å². The number of rotatable bonds is 5. The van der Waals surface area contributed by atoms with Gasteiger partial charge in [0, 0.05) is 19.4 Å². The van der Waals surface area contributed by atoms with Crippen LogP contribution >= 0.6 is 0 Å². The Bertz CT molecular complexity index is 637. The first-order valence-electron chi connectivity index (χ1n) is 7.43. The van der Waals surface area contributed by atoms with Crippen LogP contribution in [0.3, 0.4) is 0 Å². The van der Waals surface area contributed by atoms with Crippen molar-refractivity contribution >= 4 is 0 Å². The van der Waals surface area contributed by atoms with Crippen molar-refractivity contribution in [2.75, 3.05) is 13.2 Å². The number of hydrogen-bond acceptors (Lipinski definition) is 3. The van der Waals surface area contributed by atoms with Gasteiger partial charge in [0.25, 0.3) is 0 Å². The average molecular weight is 283 g/mol. The lowest BCUT2D eigenvalue weighted by Crippen LogP contribution is -2.04. The SMILES string of the molecule is Cc1ccc(CN)cc1OCCc1ccc2c(c1)CCO2. The molecule has 0 unspecified atom stereocenters. The molecule has 3 rings (SSSR count). The zero-order valence-electron chi connectivity index (χ0n) is 12.4. The van der Waals surface area contributed by atoms with Crippen molar-refractivity contribution < 1.29 is 9.47 Å². The summed E-state index contributed by atoms with van der Waals surface area (Å²) in [5.74, 6) is 1.97. The van der Waals surface area contributed by atoms with Crippen molar-refractivity contribution in [3.8, 4) is 11.5 Å². The maximum absolute atomic E-state index is 5.92. The number of benzene rings is 2. The summed E-state index contributed by atoms with van der Waals surface area (Å²) in [5, 5.41) is 0. The molecule has 21 heavy (non-hydrogen) atoms. The molecule has 0 saturated heterocycles. The highest BCUT2D eigenvalue weighted by Gasteiger charge is 2.11. The van der Waals surface area contributed by atoms with E-state index in [1.165, 1.54) is 11.1 Å². The Hall–Kier alpha value is -2.00. The van der Waals surface area contributed by atoms with E-state index in [4.69, 9.17) is 15.2 Å². The minimum atomic E-state index is 0.543. The molecule has 2 N–H and O–H groups in total. The molecule has 2 aromatic carbocycles. The van der Waals surface area contributed by atoms with Gasteiger partial charge in [0.2, 0.25) is 0 Å². The Labute approximate surface area is 125 Å². The van der Waals surface area contributed by atoms with Crippen LogP contribution in [0.1, 0.15) is 22.3 Å². The van der Waals surface area contributed by atoms with E-state index in [0.29, 0.717) is 13.2 Å². The van der Waals surface area contributed by atoms with Crippen LogP contribution in [0.25, 0.3) is 0 Å². The molecule has 1 aliphatic heterocycles. The molecule has 1 heterocycles. The fraction of sp³-hybridized carbons (Fsp3) is 0.333. The highest BCUT2D eigenvalue weighted by atomic mass is 16.5. The van der Waals surface area contributed by atoms with Gasteiger partial charge in [-0.15, -0.1) is 0 Å². The van der Waals surface area contributed by atoms with Gasteiger partial charge in [-0.1, -0.05) is 24.3 Å². The normalized spacial score (nSPS) is 12.9. The standard InChI is InChI=1S/C18H21NO2/c1-13-2-3-15(12-19)11-18(13)21-8-6-14-4-5-17-16(10-14)7-9-20-17/h2-5,10-11H,6-9,12,19H2,1H3. The average Bonchev–Trinajstić information content (AvgIpc) is 2.97. The molecule has 110 valence electrons. The number of hydrogen-bond donors (Lipinski definition) is 1. The fourth-order valence-electron chi connectivity index (χ4n) is 2.60. The summed E-state index contributed by atoms with van der Waals surface area (Å²) in [4.78, 5) is 0. The van der Waals surface area contributed by atoms with Gasteiger partial charge >= 0.3 is 0 Å². The molecule has 3 heteroatoms. The summed E-state index contributed by atoms with van der Waals surface area (Å²) >= 11 is 0. The van der Waals surface area contributed by atoms with E-state index >= 15 is 0 Å². The van der Waals surface area contributed by atoms with E-state index in [-0.39, 0.29) is 0 Å². The summed E-state index contributed by atoms with van der Waals surface area (Å²) in [6, 6.07) is 12.6. The topological polar surface area (TPSA) is 44.5 Å². The maximum Gasteiger partial charge on any atom is 0.122 e. The molecule has 3 nitrogen and oxygen atoms in total. The molecule has 0 fully saturated rings. The Morgan fingerprint density at radius 2 is 2.00 bits per heavy atom. The minimum absolute atomic E-state index is 0.543. The molecular formula is C18H21NO2. The predicted octanol–water partition coefficient (Wildman–Crippen LogP) is 3.01. The first-order valence-corrected chi connectivity index (χ1v) is 7.43. The monoisotopic (exact) mass is 283 g/mol. The molecule has 0 spiro atoms. The van der Waals surface area contributed by atoms with Gasteiger partial charge in [0.15, 0.2) is 0 Å². The van der Waals surface area contributed by atoms with Gasteiger partial charge < -0.3 is 15.2 Å². The summed E-state index contributed by atoms with van der Waals surface area (Å²) in [7, 11) is 0. The van der Waals surface area contributed by atoms with Crippen molar-refractivity contribution in [2.45, 2.75) is 26.3 Å². The number of nitrogens with two attached hydrogens (primary N) is 1. The second-order valence-corrected chi connectivity index (χ2v) is 5.44. The zero-order valence-corrected chi connectivity index (χ0v) is 12.4. The van der Waals surface area contributed by atoms with Crippen molar-refractivity contribution in [3.63, 3.8) is 0 Å². The van der Waals surface area contributed by atoms with Crippen LogP contribution in [0, 0.1) is 6.92 Å². The Balaban J connectivity index is 1.61. The number of fused-ring (bicyclic) bond motifs is 1. The predicted molar refractivity (Wildman–Crippen MR) is 83.9 cm³/mol. The van der Waals surface area contributed by atoms with Crippen LogP contribution in [-0.4, -0.2) is 13.2 Å². The molecule has 0 saturated carbocycles. The zero-order chi connectivity index (χ0) is 14.7. The summed E-state index contributed by atoms with van der Waals surface area (Å²) in [6.07, 6.45) is 1.92. The molecule has 0 atom stereocenters. The largest absolute Gasteiger partial charge is 0.493 e. The summed E-state index contributed by atoms with van der Waals surface area (Å²) in [5.41, 5.74) is 10.5. The van der Waals surface area contributed by atoms with Crippen LogP contribution < -0.4 is 15.2 Å². The maximum atomic E-state index is 5.92. The molecular weight excluding hydrogens is 262 g/mol. The van der Waals surface area contributed by atoms with Gasteiger partial charge in [0.05, 0.1) is 13.2 Å². The van der Waals surface area contributed by atoms with E-state index in [0.717, 1.165) is 42.1 Å². The van der Waals surface area contributed by atoms with Crippen molar-refractivity contribution in [2.24, 2.45) is 5.73 Å². The summed E-state index contributed by atoms with van der Waals surface area (Å²) in [6.45, 7) is 4.08. The highest BCUT2D eigenvalue weighted by Crippen LogP contribution is 2.26. The van der Waals surface area contributed by atoms with Gasteiger partial charge in [-0.3, -0.25) is 0 Å². The van der Waals surface area contributed by atoms with Gasteiger partial charge in [0.1, 0.15) is 11.5 Å². The lowest BCUT2D eigenvalue weighted by atomic mass is 10.1. The van der Waals surface area contributed by atoms with Crippen molar-refractivity contribution in [3.05, 3.63) is 58.7 Å². The van der Waals surface area contributed by atoms with E-state index in [2.05, 4.69) is 31.2 Å². The molecule has 1 aliphatic rings. The molecule has 0 aliphatic carbocycles. The Morgan fingerprint density at radius 1 is 1.14 bits per heavy atom.